The van der Waals surface area contributed by atoms with Crippen LogP contribution in [0.1, 0.15) is 17.4 Å². The summed E-state index contributed by atoms with van der Waals surface area (Å²) in [5, 5.41) is 14.1. The lowest BCUT2D eigenvalue weighted by Crippen LogP contribution is -2.01. The highest BCUT2D eigenvalue weighted by atomic mass is 79.9. The third kappa shape index (κ3) is 2.91. The molecule has 0 unspecified atom stereocenters. The minimum absolute atomic E-state index is 0.494. The van der Waals surface area contributed by atoms with E-state index in [4.69, 9.17) is 9.94 Å². The molecule has 0 amide bonds. The van der Waals surface area contributed by atoms with Crippen molar-refractivity contribution in [2.75, 3.05) is 0 Å². The van der Waals surface area contributed by atoms with Gasteiger partial charge in [0.15, 0.2) is 0 Å². The predicted octanol–water partition coefficient (Wildman–Crippen LogP) is 4.29. The Morgan fingerprint density at radius 3 is 2.83 bits per heavy atom. The van der Waals surface area contributed by atoms with Crippen LogP contribution in [-0.2, 0) is 6.61 Å². The predicted molar refractivity (Wildman–Crippen MR) is 76.8 cm³/mol. The van der Waals surface area contributed by atoms with E-state index in [2.05, 4.69) is 21.1 Å². The zero-order valence-corrected chi connectivity index (χ0v) is 12.2. The van der Waals surface area contributed by atoms with Gasteiger partial charge in [0.2, 0.25) is 0 Å². The fraction of sp³-hybridized carbons (Fsp3) is 0.154. The van der Waals surface area contributed by atoms with E-state index in [1.54, 1.807) is 18.3 Å². The first kappa shape index (κ1) is 13.1. The van der Waals surface area contributed by atoms with Crippen molar-refractivity contribution in [3.8, 4) is 5.75 Å². The lowest BCUT2D eigenvalue weighted by Gasteiger charge is -2.10. The molecular formula is C13H12BrNO2S. The molecule has 5 heteroatoms. The molecule has 0 aliphatic carbocycles. The van der Waals surface area contributed by atoms with Crippen LogP contribution in [0.15, 0.2) is 45.3 Å². The van der Waals surface area contributed by atoms with Crippen LogP contribution in [0.5, 0.6) is 5.75 Å². The van der Waals surface area contributed by atoms with E-state index < -0.39 is 0 Å². The summed E-state index contributed by atoms with van der Waals surface area (Å²) in [6.45, 7) is 2.23. The van der Waals surface area contributed by atoms with Gasteiger partial charge in [0.05, 0.1) is 10.6 Å². The normalized spacial score (nSPS) is 11.6. The van der Waals surface area contributed by atoms with Gasteiger partial charge in [-0.3, -0.25) is 0 Å². The molecule has 3 nitrogen and oxygen atoms in total. The van der Waals surface area contributed by atoms with E-state index in [0.29, 0.717) is 18.1 Å². The third-order valence-corrected chi connectivity index (χ3v) is 4.38. The lowest BCUT2D eigenvalue weighted by atomic mass is 10.1. The molecule has 0 aliphatic rings. The van der Waals surface area contributed by atoms with E-state index in [-0.39, 0.29) is 0 Å². The van der Waals surface area contributed by atoms with Crippen LogP contribution in [0, 0.1) is 0 Å². The van der Waals surface area contributed by atoms with Gasteiger partial charge in [-0.1, -0.05) is 17.3 Å². The first-order chi connectivity index (χ1) is 8.72. The highest BCUT2D eigenvalue weighted by Crippen LogP contribution is 2.26. The van der Waals surface area contributed by atoms with Crippen molar-refractivity contribution in [2.45, 2.75) is 13.5 Å². The third-order valence-electron chi connectivity index (χ3n) is 2.48. The minimum atomic E-state index is 0.494. The van der Waals surface area contributed by atoms with Crippen molar-refractivity contribution in [3.63, 3.8) is 0 Å². The number of hydrogen-bond acceptors (Lipinski definition) is 4. The Morgan fingerprint density at radius 1 is 1.39 bits per heavy atom. The number of rotatable bonds is 4. The van der Waals surface area contributed by atoms with Crippen LogP contribution in [0.2, 0.25) is 0 Å². The molecule has 0 aliphatic heterocycles. The van der Waals surface area contributed by atoms with Crippen molar-refractivity contribution in [1.82, 2.24) is 0 Å². The molecule has 94 valence electrons. The Hall–Kier alpha value is -1.33. The molecule has 1 heterocycles. The maximum Gasteiger partial charge on any atom is 0.129 e. The molecule has 18 heavy (non-hydrogen) atoms. The standard InChI is InChI=1S/C13H12BrNO2S/c1-9(15-16)10-4-2-3-5-12(10)17-8-13-11(14)6-7-18-13/h2-7,16H,8H2,1H3/b15-9+. The molecule has 2 rings (SSSR count). The van der Waals surface area contributed by atoms with Crippen LogP contribution in [0.25, 0.3) is 0 Å². The second-order valence-corrected chi connectivity index (χ2v) is 5.52. The first-order valence-electron chi connectivity index (χ1n) is 5.35. The summed E-state index contributed by atoms with van der Waals surface area (Å²) in [6.07, 6.45) is 0. The van der Waals surface area contributed by atoms with Gasteiger partial charge in [0.1, 0.15) is 12.4 Å². The highest BCUT2D eigenvalue weighted by Gasteiger charge is 2.08. The molecule has 1 N–H and O–H groups in total. The minimum Gasteiger partial charge on any atom is -0.487 e. The second kappa shape index (κ2) is 6.02. The van der Waals surface area contributed by atoms with Crippen LogP contribution >= 0.6 is 27.3 Å². The monoisotopic (exact) mass is 325 g/mol. The van der Waals surface area contributed by atoms with Crippen LogP contribution in [0.4, 0.5) is 0 Å². The van der Waals surface area contributed by atoms with Crippen molar-refractivity contribution in [2.24, 2.45) is 5.16 Å². The molecule has 1 aromatic heterocycles. The van der Waals surface area contributed by atoms with Gasteiger partial charge in [-0.15, -0.1) is 11.3 Å². The van der Waals surface area contributed by atoms with Gasteiger partial charge >= 0.3 is 0 Å². The van der Waals surface area contributed by atoms with E-state index in [1.807, 2.05) is 35.7 Å². The highest BCUT2D eigenvalue weighted by molar-refractivity contribution is 9.10. The molecule has 0 saturated heterocycles. The summed E-state index contributed by atoms with van der Waals surface area (Å²) < 4.78 is 6.83. The Labute approximate surface area is 118 Å². The molecule has 0 radical (unpaired) electrons. The smallest absolute Gasteiger partial charge is 0.129 e. The molecular weight excluding hydrogens is 314 g/mol. The van der Waals surface area contributed by atoms with Gasteiger partial charge in [0, 0.05) is 10.0 Å². The maximum atomic E-state index is 8.84. The molecule has 2 aromatic rings. The second-order valence-electron chi connectivity index (χ2n) is 3.66. The fourth-order valence-corrected chi connectivity index (χ4v) is 2.89. The Morgan fingerprint density at radius 2 is 2.17 bits per heavy atom. The Kier molecular flexibility index (Phi) is 4.38. The largest absolute Gasteiger partial charge is 0.487 e. The summed E-state index contributed by atoms with van der Waals surface area (Å²) in [6, 6.07) is 9.51. The summed E-state index contributed by atoms with van der Waals surface area (Å²) >= 11 is 5.10. The Bertz CT molecular complexity index is 566. The number of para-hydroxylation sites is 1. The van der Waals surface area contributed by atoms with Crippen LogP contribution < -0.4 is 4.74 Å². The zero-order chi connectivity index (χ0) is 13.0. The number of nitrogens with zero attached hydrogens (tertiary/aromatic N) is 1. The molecule has 0 bridgehead atoms. The molecule has 0 atom stereocenters. The SMILES string of the molecule is C/C(=N\O)c1ccccc1OCc1sccc1Br. The first-order valence-corrected chi connectivity index (χ1v) is 7.02. The molecule has 0 spiro atoms. The topological polar surface area (TPSA) is 41.8 Å². The van der Waals surface area contributed by atoms with E-state index in [9.17, 15) is 0 Å². The molecule has 0 fully saturated rings. The average molecular weight is 326 g/mol. The van der Waals surface area contributed by atoms with Crippen LogP contribution in [-0.4, -0.2) is 10.9 Å². The van der Waals surface area contributed by atoms with Crippen molar-refractivity contribution >= 4 is 33.0 Å². The zero-order valence-electron chi connectivity index (χ0n) is 9.76. The number of ether oxygens (including phenoxy) is 1. The summed E-state index contributed by atoms with van der Waals surface area (Å²) in [4.78, 5) is 1.13. The van der Waals surface area contributed by atoms with Crippen molar-refractivity contribution < 1.29 is 9.94 Å². The summed E-state index contributed by atoms with van der Waals surface area (Å²) in [5.41, 5.74) is 1.34. The van der Waals surface area contributed by atoms with Gasteiger partial charge in [-0.25, -0.2) is 0 Å². The quantitative estimate of drug-likeness (QED) is 0.517. The maximum absolute atomic E-state index is 8.84. The fourth-order valence-electron chi connectivity index (χ4n) is 1.52. The van der Waals surface area contributed by atoms with Crippen LogP contribution in [0.3, 0.4) is 0 Å². The number of halogens is 1. The number of hydrogen-bond donors (Lipinski definition) is 1. The van der Waals surface area contributed by atoms with E-state index in [0.717, 1.165) is 14.9 Å². The van der Waals surface area contributed by atoms with Gasteiger partial charge in [0.25, 0.3) is 0 Å². The van der Waals surface area contributed by atoms with Crippen molar-refractivity contribution in [1.29, 1.82) is 0 Å². The van der Waals surface area contributed by atoms with Crippen molar-refractivity contribution in [3.05, 3.63) is 50.6 Å². The molecule has 1 aromatic carbocycles. The number of thiophene rings is 1. The van der Waals surface area contributed by atoms with E-state index in [1.165, 1.54) is 0 Å². The summed E-state index contributed by atoms with van der Waals surface area (Å²) in [7, 11) is 0. The van der Waals surface area contributed by atoms with Gasteiger partial charge in [-0.05, 0) is 46.4 Å². The summed E-state index contributed by atoms with van der Waals surface area (Å²) in [5.74, 6) is 0.716. The number of oxime groups is 1. The lowest BCUT2D eigenvalue weighted by molar-refractivity contribution is 0.306. The Balaban J connectivity index is 2.17. The van der Waals surface area contributed by atoms with Gasteiger partial charge < -0.3 is 9.94 Å². The van der Waals surface area contributed by atoms with E-state index >= 15 is 0 Å². The molecule has 0 saturated carbocycles. The number of benzene rings is 1. The van der Waals surface area contributed by atoms with Gasteiger partial charge in [-0.2, -0.15) is 0 Å². The average Bonchev–Trinajstić information content (AvgIpc) is 2.81.